The van der Waals surface area contributed by atoms with E-state index < -0.39 is 61.1 Å². The molecular weight excluding hydrogens is 1130 g/mol. The van der Waals surface area contributed by atoms with E-state index in [0.717, 1.165) is 35.2 Å². The molecule has 0 bridgehead atoms. The highest BCUT2D eigenvalue weighted by Gasteiger charge is 2.23. The van der Waals surface area contributed by atoms with Crippen molar-refractivity contribution in [2.24, 2.45) is 0 Å². The molecule has 0 aliphatic carbocycles. The molecule has 0 spiro atoms. The quantitative estimate of drug-likeness (QED) is 0.0185. The number of nitrogens with one attached hydrogen (secondary N) is 2. The first-order chi connectivity index (χ1) is 37.9. The standard InChI is InChI=1S/C49H63F4N5O17S4/c1-78(62,63)48-56-38-5-3-34(31-40(38)76-48)46(60)54-8-14-67-20-26-73-29-23-70-17-11-58(10-16-69-22-28-72-25-19-66-13-7-42(59)75-45-43(52)36(50)33-37(51)44(45)53)12-18-71-24-30-74-27-21-68-15-9-55-47(61)35-4-6-39-41(32-35)77-49(57-39)79(2,64)65/h3-6,31-33H,7-30H2,1-2H3,(H,54,60)(H,55,61). The molecule has 0 saturated carbocycles. The second-order valence-electron chi connectivity index (χ2n) is 16.8. The fourth-order valence-electron chi connectivity index (χ4n) is 6.59. The maximum absolute atomic E-state index is 13.7. The monoisotopic (exact) mass is 1200 g/mol. The number of hydrogen-bond acceptors (Lipinski definition) is 22. The van der Waals surface area contributed by atoms with Gasteiger partial charge in [0.25, 0.3) is 11.8 Å². The minimum atomic E-state index is -3.45. The number of benzene rings is 3. The van der Waals surface area contributed by atoms with Gasteiger partial charge in [-0.15, -0.1) is 22.7 Å². The number of esters is 1. The molecule has 2 heterocycles. The Labute approximate surface area is 462 Å². The Morgan fingerprint density at radius 3 is 1.20 bits per heavy atom. The second kappa shape index (κ2) is 34.4. The Morgan fingerprint density at radius 2 is 0.835 bits per heavy atom. The lowest BCUT2D eigenvalue weighted by Gasteiger charge is -2.22. The zero-order chi connectivity index (χ0) is 57.0. The number of sulfone groups is 2. The van der Waals surface area contributed by atoms with Gasteiger partial charge < -0.3 is 58.0 Å². The van der Waals surface area contributed by atoms with Crippen molar-refractivity contribution < 1.29 is 96.1 Å². The minimum Gasteiger partial charge on any atom is -0.420 e. The van der Waals surface area contributed by atoms with Crippen LogP contribution in [0.2, 0.25) is 0 Å². The van der Waals surface area contributed by atoms with Crippen LogP contribution in [0.5, 0.6) is 5.75 Å². The lowest BCUT2D eigenvalue weighted by molar-refractivity contribution is -0.136. The summed E-state index contributed by atoms with van der Waals surface area (Å²) < 4.78 is 157. The summed E-state index contributed by atoms with van der Waals surface area (Å²) in [6.45, 7) is 6.95. The van der Waals surface area contributed by atoms with Gasteiger partial charge in [0.15, 0.2) is 11.6 Å². The third-order valence-corrected chi connectivity index (χ3v) is 16.0. The lowest BCUT2D eigenvalue weighted by atomic mass is 10.2. The average molecular weight is 1200 g/mol. The van der Waals surface area contributed by atoms with E-state index in [0.29, 0.717) is 124 Å². The third kappa shape index (κ3) is 23.6. The molecule has 3 aromatic carbocycles. The molecule has 438 valence electrons. The highest BCUT2D eigenvalue weighted by atomic mass is 32.2. The average Bonchev–Trinajstić information content (AvgIpc) is 4.22. The van der Waals surface area contributed by atoms with Gasteiger partial charge in [-0.05, 0) is 36.4 Å². The number of amides is 2. The number of rotatable bonds is 41. The van der Waals surface area contributed by atoms with E-state index in [-0.39, 0.29) is 85.9 Å². The summed E-state index contributed by atoms with van der Waals surface area (Å²) in [5.41, 5.74) is 1.76. The normalized spacial score (nSPS) is 12.0. The molecule has 0 unspecified atom stereocenters. The minimum absolute atomic E-state index is 0.00341. The summed E-state index contributed by atoms with van der Waals surface area (Å²) in [6, 6.07) is 9.59. The van der Waals surface area contributed by atoms with Crippen LogP contribution in [0.15, 0.2) is 51.1 Å². The molecule has 0 aliphatic rings. The molecule has 0 saturated heterocycles. The van der Waals surface area contributed by atoms with E-state index in [4.69, 9.17) is 42.6 Å². The Kier molecular flexibility index (Phi) is 28.2. The summed E-state index contributed by atoms with van der Waals surface area (Å²) in [5, 5.41) is 5.53. The Morgan fingerprint density at radius 1 is 0.494 bits per heavy atom. The fourth-order valence-corrected chi connectivity index (χ4v) is 10.3. The molecule has 0 atom stereocenters. The largest absolute Gasteiger partial charge is 0.420 e. The van der Waals surface area contributed by atoms with Gasteiger partial charge in [0.05, 0.1) is 146 Å². The highest BCUT2D eigenvalue weighted by molar-refractivity contribution is 7.93. The first kappa shape index (κ1) is 64.9. The Hall–Kier alpha value is -4.93. The molecule has 22 nitrogen and oxygen atoms in total. The predicted molar refractivity (Wildman–Crippen MR) is 280 cm³/mol. The van der Waals surface area contributed by atoms with Gasteiger partial charge in [0.1, 0.15) is 0 Å². The van der Waals surface area contributed by atoms with Crippen LogP contribution in [0.25, 0.3) is 20.4 Å². The van der Waals surface area contributed by atoms with Gasteiger partial charge in [-0.3, -0.25) is 19.3 Å². The number of ether oxygens (including phenoxy) is 10. The number of thiazole rings is 2. The zero-order valence-electron chi connectivity index (χ0n) is 43.4. The summed E-state index contributed by atoms with van der Waals surface area (Å²) in [5.74, 6) is -10.3. The van der Waals surface area contributed by atoms with E-state index in [2.05, 4.69) is 30.2 Å². The first-order valence-corrected chi connectivity index (χ1v) is 30.1. The number of aromatic nitrogens is 2. The number of hydrogen-bond donors (Lipinski definition) is 2. The van der Waals surface area contributed by atoms with E-state index in [1.807, 2.05) is 0 Å². The molecule has 5 aromatic rings. The molecule has 30 heteroatoms. The number of fused-ring (bicyclic) bond motifs is 2. The molecule has 79 heavy (non-hydrogen) atoms. The van der Waals surface area contributed by atoms with E-state index >= 15 is 0 Å². The van der Waals surface area contributed by atoms with Gasteiger partial charge >= 0.3 is 5.97 Å². The highest BCUT2D eigenvalue weighted by Crippen LogP contribution is 2.29. The van der Waals surface area contributed by atoms with Crippen LogP contribution in [-0.2, 0) is 67.1 Å². The molecule has 0 aliphatic heterocycles. The van der Waals surface area contributed by atoms with Crippen LogP contribution in [0.1, 0.15) is 27.1 Å². The van der Waals surface area contributed by atoms with E-state index in [1.54, 1.807) is 36.4 Å². The third-order valence-electron chi connectivity index (χ3n) is 10.6. The van der Waals surface area contributed by atoms with Gasteiger partial charge in [-0.25, -0.2) is 35.6 Å². The van der Waals surface area contributed by atoms with Crippen molar-refractivity contribution in [3.05, 3.63) is 76.9 Å². The van der Waals surface area contributed by atoms with Crippen LogP contribution in [-0.4, -0.2) is 214 Å². The second-order valence-corrected chi connectivity index (χ2v) is 23.2. The fraction of sp³-hybridized carbons (Fsp3) is 0.531. The summed E-state index contributed by atoms with van der Waals surface area (Å²) in [6.07, 6.45) is 1.73. The maximum atomic E-state index is 13.7. The van der Waals surface area contributed by atoms with Gasteiger partial charge in [0.2, 0.25) is 45.7 Å². The van der Waals surface area contributed by atoms with Crippen molar-refractivity contribution in [1.29, 1.82) is 0 Å². The van der Waals surface area contributed by atoms with Crippen LogP contribution < -0.4 is 15.4 Å². The number of carbonyl (C=O) groups is 3. The smallest absolute Gasteiger partial charge is 0.313 e. The van der Waals surface area contributed by atoms with Crippen molar-refractivity contribution in [3.63, 3.8) is 0 Å². The number of halogens is 4. The van der Waals surface area contributed by atoms with Gasteiger partial charge in [-0.1, -0.05) is 0 Å². The lowest BCUT2D eigenvalue weighted by Crippen LogP contribution is -2.34. The maximum Gasteiger partial charge on any atom is 0.313 e. The van der Waals surface area contributed by atoms with Crippen molar-refractivity contribution in [1.82, 2.24) is 25.5 Å². The van der Waals surface area contributed by atoms with E-state index in [9.17, 15) is 48.8 Å². The molecule has 5 rings (SSSR count). The van der Waals surface area contributed by atoms with Crippen molar-refractivity contribution >= 4 is 80.6 Å². The Bertz CT molecular complexity index is 2780. The number of carbonyl (C=O) groups excluding carboxylic acids is 3. The predicted octanol–water partition coefficient (Wildman–Crippen LogP) is 3.88. The summed E-state index contributed by atoms with van der Waals surface area (Å²) in [4.78, 5) is 47.4. The molecule has 0 radical (unpaired) electrons. The van der Waals surface area contributed by atoms with Crippen molar-refractivity contribution in [2.75, 3.05) is 164 Å². The molecule has 2 aromatic heterocycles. The van der Waals surface area contributed by atoms with Crippen LogP contribution in [0.4, 0.5) is 17.6 Å². The van der Waals surface area contributed by atoms with Crippen LogP contribution in [0.3, 0.4) is 0 Å². The molecule has 2 N–H and O–H groups in total. The molecular formula is C49H63F4N5O17S4. The van der Waals surface area contributed by atoms with Gasteiger partial charge in [0, 0.05) is 62.4 Å². The summed E-state index contributed by atoms with van der Waals surface area (Å²) in [7, 11) is -6.91. The van der Waals surface area contributed by atoms with Crippen molar-refractivity contribution in [3.8, 4) is 5.75 Å². The van der Waals surface area contributed by atoms with Crippen LogP contribution >= 0.6 is 22.7 Å². The molecule has 2 amide bonds. The topological polar surface area (TPSA) is 265 Å². The summed E-state index contributed by atoms with van der Waals surface area (Å²) >= 11 is 2.01. The zero-order valence-corrected chi connectivity index (χ0v) is 46.7. The van der Waals surface area contributed by atoms with Crippen molar-refractivity contribution in [2.45, 2.75) is 15.1 Å². The first-order valence-electron chi connectivity index (χ1n) is 24.6. The Balaban J connectivity index is 0.886. The van der Waals surface area contributed by atoms with Gasteiger partial charge in [-0.2, -0.15) is 8.78 Å². The number of nitrogens with zero attached hydrogens (tertiary/aromatic N) is 3. The van der Waals surface area contributed by atoms with E-state index in [1.165, 1.54) is 0 Å². The van der Waals surface area contributed by atoms with Crippen LogP contribution in [0, 0.1) is 23.3 Å². The molecule has 0 fully saturated rings. The SMILES string of the molecule is CS(=O)(=O)c1nc2ccc(C(=O)NCCOCCOCCOCCN(CCOCCOCCOCCNC(=O)c3ccc4nc(S(C)(=O)=O)sc4c3)CCOCCOCCOCCC(=O)Oc3c(F)c(F)cc(F)c3F)cc2s1.